The molecular formula is C13H22ClN5O. The molecule has 7 heteroatoms. The highest BCUT2D eigenvalue weighted by Crippen LogP contribution is 2.13. The molecule has 1 saturated heterocycles. The molecular weight excluding hydrogens is 278 g/mol. The van der Waals surface area contributed by atoms with Gasteiger partial charge < -0.3 is 15.8 Å². The Hall–Kier alpha value is -1.11. The van der Waals surface area contributed by atoms with Crippen LogP contribution in [0.5, 0.6) is 0 Å². The summed E-state index contributed by atoms with van der Waals surface area (Å²) in [7, 11) is 0. The summed E-state index contributed by atoms with van der Waals surface area (Å²) in [5.74, 6) is 0.863. The Labute approximate surface area is 124 Å². The van der Waals surface area contributed by atoms with Gasteiger partial charge in [0.05, 0.1) is 12.2 Å². The van der Waals surface area contributed by atoms with Gasteiger partial charge in [0.1, 0.15) is 11.0 Å². The first-order valence-corrected chi connectivity index (χ1v) is 7.32. The van der Waals surface area contributed by atoms with Gasteiger partial charge in [-0.25, -0.2) is 4.98 Å². The van der Waals surface area contributed by atoms with Crippen molar-refractivity contribution >= 4 is 23.4 Å². The van der Waals surface area contributed by atoms with E-state index in [4.69, 9.17) is 22.1 Å². The second kappa shape index (κ2) is 7.06. The van der Waals surface area contributed by atoms with Crippen LogP contribution in [0.3, 0.4) is 0 Å². The first kappa shape index (κ1) is 15.3. The molecule has 20 heavy (non-hydrogen) atoms. The first-order chi connectivity index (χ1) is 9.52. The number of nitrogens with two attached hydrogens (primary N) is 1. The number of nitrogens with zero attached hydrogens (tertiary/aromatic N) is 3. The third-order valence-corrected chi connectivity index (χ3v) is 3.36. The van der Waals surface area contributed by atoms with Crippen LogP contribution < -0.4 is 11.1 Å². The standard InChI is InChI=1S/C13H22ClN5O/c1-9-7-19(8-10(2)20-9)5-3-4-16-12-6-11(14)17-13(15)18-12/h6,9-10H,3-5,7-8H2,1-2H3,(H3,15,16,17,18)/t9-,10-/m1/s1. The van der Waals surface area contributed by atoms with Gasteiger partial charge in [0, 0.05) is 32.2 Å². The molecule has 3 N–H and O–H groups in total. The minimum absolute atomic E-state index is 0.191. The van der Waals surface area contributed by atoms with Gasteiger partial charge in [-0.05, 0) is 20.3 Å². The third kappa shape index (κ3) is 4.77. The van der Waals surface area contributed by atoms with Gasteiger partial charge in [0.25, 0.3) is 0 Å². The zero-order valence-corrected chi connectivity index (χ0v) is 12.7. The number of hydrogen-bond donors (Lipinski definition) is 2. The number of hydrogen-bond acceptors (Lipinski definition) is 6. The fraction of sp³-hybridized carbons (Fsp3) is 0.692. The van der Waals surface area contributed by atoms with Crippen LogP contribution in [0.4, 0.5) is 11.8 Å². The van der Waals surface area contributed by atoms with E-state index in [-0.39, 0.29) is 5.95 Å². The molecule has 0 radical (unpaired) electrons. The molecule has 1 aliphatic rings. The van der Waals surface area contributed by atoms with E-state index in [1.807, 2.05) is 0 Å². The number of anilines is 2. The zero-order chi connectivity index (χ0) is 14.5. The summed E-state index contributed by atoms with van der Waals surface area (Å²) >= 11 is 5.82. The summed E-state index contributed by atoms with van der Waals surface area (Å²) in [6, 6.07) is 1.68. The molecule has 0 aliphatic carbocycles. The number of morpholine rings is 1. The highest BCUT2D eigenvalue weighted by molar-refractivity contribution is 6.29. The van der Waals surface area contributed by atoms with Crippen LogP contribution in [-0.4, -0.2) is 53.3 Å². The topological polar surface area (TPSA) is 76.3 Å². The molecule has 0 saturated carbocycles. The van der Waals surface area contributed by atoms with Crippen LogP contribution in [0.25, 0.3) is 0 Å². The first-order valence-electron chi connectivity index (χ1n) is 6.94. The highest BCUT2D eigenvalue weighted by atomic mass is 35.5. The van der Waals surface area contributed by atoms with E-state index < -0.39 is 0 Å². The second-order valence-corrected chi connectivity index (χ2v) is 5.62. The van der Waals surface area contributed by atoms with Crippen molar-refractivity contribution in [1.29, 1.82) is 0 Å². The molecule has 1 fully saturated rings. The van der Waals surface area contributed by atoms with Gasteiger partial charge in [-0.2, -0.15) is 4.98 Å². The number of rotatable bonds is 5. The van der Waals surface area contributed by atoms with Crippen molar-refractivity contribution in [2.24, 2.45) is 0 Å². The van der Waals surface area contributed by atoms with Gasteiger partial charge in [-0.15, -0.1) is 0 Å². The van der Waals surface area contributed by atoms with Gasteiger partial charge in [-0.3, -0.25) is 4.90 Å². The molecule has 0 aromatic carbocycles. The van der Waals surface area contributed by atoms with E-state index in [0.29, 0.717) is 23.2 Å². The fourth-order valence-corrected chi connectivity index (χ4v) is 2.70. The molecule has 0 unspecified atom stereocenters. The molecule has 0 spiro atoms. The van der Waals surface area contributed by atoms with Crippen LogP contribution >= 0.6 is 11.6 Å². The smallest absolute Gasteiger partial charge is 0.223 e. The normalized spacial score (nSPS) is 23.8. The Kier molecular flexibility index (Phi) is 5.39. The molecule has 1 aromatic rings. The maximum Gasteiger partial charge on any atom is 0.223 e. The quantitative estimate of drug-likeness (QED) is 0.636. The lowest BCUT2D eigenvalue weighted by Gasteiger charge is -2.35. The van der Waals surface area contributed by atoms with E-state index in [1.54, 1.807) is 6.07 Å². The van der Waals surface area contributed by atoms with E-state index in [1.165, 1.54) is 0 Å². The Bertz CT molecular complexity index is 415. The van der Waals surface area contributed by atoms with Gasteiger partial charge in [0.15, 0.2) is 0 Å². The molecule has 2 rings (SSSR count). The van der Waals surface area contributed by atoms with Crippen LogP contribution in [0.2, 0.25) is 5.15 Å². The minimum Gasteiger partial charge on any atom is -0.373 e. The molecule has 0 bridgehead atoms. The Morgan fingerprint density at radius 2 is 2.10 bits per heavy atom. The summed E-state index contributed by atoms with van der Waals surface area (Å²) < 4.78 is 5.72. The average Bonchev–Trinajstić information content (AvgIpc) is 2.32. The van der Waals surface area contributed by atoms with E-state index >= 15 is 0 Å². The summed E-state index contributed by atoms with van der Waals surface area (Å²) in [6.45, 7) is 8.10. The SMILES string of the molecule is C[C@@H]1CN(CCCNc2cc(Cl)nc(N)n2)C[C@@H](C)O1. The fourth-order valence-electron chi connectivity index (χ4n) is 2.51. The van der Waals surface area contributed by atoms with Crippen molar-refractivity contribution in [2.75, 3.05) is 37.2 Å². The Morgan fingerprint density at radius 1 is 1.40 bits per heavy atom. The van der Waals surface area contributed by atoms with Gasteiger partial charge in [-0.1, -0.05) is 11.6 Å². The van der Waals surface area contributed by atoms with Gasteiger partial charge >= 0.3 is 0 Å². The maximum absolute atomic E-state index is 5.82. The average molecular weight is 300 g/mol. The number of nitrogen functional groups attached to an aromatic ring is 1. The largest absolute Gasteiger partial charge is 0.373 e. The van der Waals surface area contributed by atoms with Crippen LogP contribution in [0.1, 0.15) is 20.3 Å². The van der Waals surface area contributed by atoms with Crippen LogP contribution in [0.15, 0.2) is 6.07 Å². The molecule has 0 amide bonds. The monoisotopic (exact) mass is 299 g/mol. The van der Waals surface area contributed by atoms with Crippen molar-refractivity contribution < 1.29 is 4.74 Å². The predicted octanol–water partition coefficient (Wildman–Crippen LogP) is 1.62. The lowest BCUT2D eigenvalue weighted by atomic mass is 10.2. The zero-order valence-electron chi connectivity index (χ0n) is 12.0. The van der Waals surface area contributed by atoms with E-state index in [9.17, 15) is 0 Å². The van der Waals surface area contributed by atoms with Crippen molar-refractivity contribution in [3.8, 4) is 0 Å². The van der Waals surface area contributed by atoms with Crippen molar-refractivity contribution in [3.63, 3.8) is 0 Å². The minimum atomic E-state index is 0.191. The molecule has 6 nitrogen and oxygen atoms in total. The third-order valence-electron chi connectivity index (χ3n) is 3.16. The van der Waals surface area contributed by atoms with Crippen LogP contribution in [-0.2, 0) is 4.74 Å². The number of nitrogens with one attached hydrogen (secondary N) is 1. The van der Waals surface area contributed by atoms with Crippen molar-refractivity contribution in [2.45, 2.75) is 32.5 Å². The number of ether oxygens (including phenoxy) is 1. The van der Waals surface area contributed by atoms with Gasteiger partial charge in [0.2, 0.25) is 5.95 Å². The Morgan fingerprint density at radius 3 is 2.75 bits per heavy atom. The van der Waals surface area contributed by atoms with Crippen molar-refractivity contribution in [3.05, 3.63) is 11.2 Å². The summed E-state index contributed by atoms with van der Waals surface area (Å²) in [5.41, 5.74) is 5.54. The Balaban J connectivity index is 1.71. The number of aromatic nitrogens is 2. The predicted molar refractivity (Wildman–Crippen MR) is 81.0 cm³/mol. The molecule has 2 atom stereocenters. The highest BCUT2D eigenvalue weighted by Gasteiger charge is 2.21. The lowest BCUT2D eigenvalue weighted by Crippen LogP contribution is -2.45. The summed E-state index contributed by atoms with van der Waals surface area (Å²) in [6.07, 6.45) is 1.65. The summed E-state index contributed by atoms with van der Waals surface area (Å²) in [4.78, 5) is 10.3. The van der Waals surface area contributed by atoms with E-state index in [2.05, 4.69) is 34.0 Å². The molecule has 1 aromatic heterocycles. The molecule has 2 heterocycles. The summed E-state index contributed by atoms with van der Waals surface area (Å²) in [5, 5.41) is 3.57. The molecule has 1 aliphatic heterocycles. The number of halogens is 1. The second-order valence-electron chi connectivity index (χ2n) is 5.23. The lowest BCUT2D eigenvalue weighted by molar-refractivity contribution is -0.0678. The van der Waals surface area contributed by atoms with E-state index in [0.717, 1.165) is 32.6 Å². The van der Waals surface area contributed by atoms with Crippen molar-refractivity contribution in [1.82, 2.24) is 14.9 Å². The molecule has 112 valence electrons. The van der Waals surface area contributed by atoms with Crippen LogP contribution in [0, 0.1) is 0 Å². The maximum atomic E-state index is 5.82.